The van der Waals surface area contributed by atoms with Gasteiger partial charge in [-0.15, -0.1) is 3.89 Å². The summed E-state index contributed by atoms with van der Waals surface area (Å²) in [4.78, 5) is 12.7. The maximum atomic E-state index is 13.2. The smallest absolute Gasteiger partial charge is 0.418 e. The van der Waals surface area contributed by atoms with E-state index in [0.717, 1.165) is 17.0 Å². The lowest BCUT2D eigenvalue weighted by molar-refractivity contribution is -0.137. The summed E-state index contributed by atoms with van der Waals surface area (Å²) >= 11 is 0. The molecule has 0 N–H and O–H groups in total. The van der Waals surface area contributed by atoms with Crippen LogP contribution in [0.25, 0.3) is 0 Å². The van der Waals surface area contributed by atoms with Crippen molar-refractivity contribution in [2.24, 2.45) is 5.92 Å². The van der Waals surface area contributed by atoms with E-state index in [9.17, 15) is 30.3 Å². The van der Waals surface area contributed by atoms with Gasteiger partial charge in [-0.25, -0.2) is 0 Å². The Morgan fingerprint density at radius 2 is 2.00 bits per heavy atom. The number of hydrogen-bond acceptors (Lipinski definition) is 4. The van der Waals surface area contributed by atoms with Crippen LogP contribution in [0.5, 0.6) is 5.75 Å². The van der Waals surface area contributed by atoms with Crippen LogP contribution in [0, 0.1) is 5.92 Å². The third-order valence-electron chi connectivity index (χ3n) is 3.44. The van der Waals surface area contributed by atoms with Gasteiger partial charge in [0.2, 0.25) is 5.91 Å². The summed E-state index contributed by atoms with van der Waals surface area (Å²) < 4.78 is 78.3. The van der Waals surface area contributed by atoms with E-state index in [4.69, 9.17) is 4.74 Å². The number of benzene rings is 1. The van der Waals surface area contributed by atoms with Crippen molar-refractivity contribution in [3.63, 3.8) is 0 Å². The molecule has 1 unspecified atom stereocenters. The number of carbonyl (C=O) groups excluding carboxylic acids is 1. The molecule has 1 aromatic carbocycles. The lowest BCUT2D eigenvalue weighted by Crippen LogP contribution is -2.28. The third kappa shape index (κ3) is 4.12. The summed E-state index contributed by atoms with van der Waals surface area (Å²) in [7, 11) is -3.60. The first-order chi connectivity index (χ1) is 10.5. The van der Waals surface area contributed by atoms with E-state index in [1.165, 1.54) is 13.2 Å². The summed E-state index contributed by atoms with van der Waals surface area (Å²) in [5.41, 5.74) is -1.48. The fourth-order valence-corrected chi connectivity index (χ4v) is 3.30. The quantitative estimate of drug-likeness (QED) is 0.614. The van der Waals surface area contributed by atoms with E-state index in [1.54, 1.807) is 0 Å². The summed E-state index contributed by atoms with van der Waals surface area (Å²) in [6, 6.07) is 3.09. The van der Waals surface area contributed by atoms with Crippen molar-refractivity contribution in [3.05, 3.63) is 23.8 Å². The van der Waals surface area contributed by atoms with Gasteiger partial charge in [0.05, 0.1) is 24.1 Å². The second kappa shape index (κ2) is 5.99. The van der Waals surface area contributed by atoms with E-state index in [-0.39, 0.29) is 18.7 Å². The molecule has 1 aliphatic rings. The number of hydrogen-bond donors (Lipinski definition) is 0. The summed E-state index contributed by atoms with van der Waals surface area (Å²) in [6.07, 6.45) is -5.05. The molecule has 1 atom stereocenters. The number of anilines is 1. The molecule has 5 nitrogen and oxygen atoms in total. The zero-order valence-electron chi connectivity index (χ0n) is 11.9. The molecule has 1 saturated heterocycles. The maximum absolute atomic E-state index is 13.2. The predicted molar refractivity (Wildman–Crippen MR) is 73.4 cm³/mol. The SMILES string of the molecule is COc1ccc(N2CC(CS(=O)(=O)F)CC2=O)c(C(F)(F)F)c1. The molecule has 1 amide bonds. The number of methoxy groups -OCH3 is 1. The first-order valence-electron chi connectivity index (χ1n) is 6.49. The number of alkyl halides is 3. The molecule has 1 aromatic rings. The molecule has 0 aliphatic carbocycles. The van der Waals surface area contributed by atoms with Gasteiger partial charge in [-0.05, 0) is 18.2 Å². The Balaban J connectivity index is 2.37. The largest absolute Gasteiger partial charge is 0.497 e. The van der Waals surface area contributed by atoms with Crippen molar-refractivity contribution in [1.82, 2.24) is 0 Å². The van der Waals surface area contributed by atoms with Gasteiger partial charge in [-0.2, -0.15) is 21.6 Å². The average molecular weight is 355 g/mol. The summed E-state index contributed by atoms with van der Waals surface area (Å²) in [5, 5.41) is 0. The maximum Gasteiger partial charge on any atom is 0.418 e. The lowest BCUT2D eigenvalue weighted by Gasteiger charge is -2.22. The Morgan fingerprint density at radius 1 is 1.35 bits per heavy atom. The van der Waals surface area contributed by atoms with Gasteiger partial charge in [-0.3, -0.25) is 4.79 Å². The third-order valence-corrected chi connectivity index (χ3v) is 4.31. The standard InChI is InChI=1S/C13H13F4NO4S/c1-22-9-2-3-11(10(5-9)13(14,15)16)18-6-8(4-12(18)19)7-23(17,20)21/h2-3,5,8H,4,6-7H2,1H3. The van der Waals surface area contributed by atoms with Crippen molar-refractivity contribution in [2.75, 3.05) is 24.3 Å². The molecule has 2 rings (SSSR count). The zero-order valence-corrected chi connectivity index (χ0v) is 12.7. The zero-order chi connectivity index (χ0) is 17.4. The van der Waals surface area contributed by atoms with Gasteiger partial charge in [0.15, 0.2) is 0 Å². The van der Waals surface area contributed by atoms with Crippen molar-refractivity contribution in [3.8, 4) is 5.75 Å². The van der Waals surface area contributed by atoms with Crippen molar-refractivity contribution in [1.29, 1.82) is 0 Å². The molecule has 0 spiro atoms. The Bertz CT molecular complexity index is 717. The molecule has 0 saturated carbocycles. The summed E-state index contributed by atoms with van der Waals surface area (Å²) in [5.74, 6) is -2.50. The monoisotopic (exact) mass is 355 g/mol. The van der Waals surface area contributed by atoms with Crippen molar-refractivity contribution >= 4 is 21.8 Å². The number of halogens is 4. The van der Waals surface area contributed by atoms with Gasteiger partial charge in [0, 0.05) is 18.9 Å². The van der Waals surface area contributed by atoms with Gasteiger partial charge < -0.3 is 9.64 Å². The predicted octanol–water partition coefficient (Wildman–Crippen LogP) is 2.37. The highest BCUT2D eigenvalue weighted by atomic mass is 32.3. The second-order valence-electron chi connectivity index (χ2n) is 5.16. The normalized spacial score (nSPS) is 19.3. The minimum atomic E-state index is -4.81. The Hall–Kier alpha value is -1.84. The summed E-state index contributed by atoms with van der Waals surface area (Å²) in [6.45, 7) is -0.294. The van der Waals surface area contributed by atoms with Crippen LogP contribution in [0.4, 0.5) is 22.7 Å². The van der Waals surface area contributed by atoms with Crippen LogP contribution in [0.1, 0.15) is 12.0 Å². The van der Waals surface area contributed by atoms with E-state index in [2.05, 4.69) is 0 Å². The number of amides is 1. The van der Waals surface area contributed by atoms with Gasteiger partial charge >= 0.3 is 16.4 Å². The molecular weight excluding hydrogens is 342 g/mol. The van der Waals surface area contributed by atoms with Crippen LogP contribution < -0.4 is 9.64 Å². The Labute approximate surface area is 130 Å². The fourth-order valence-electron chi connectivity index (χ4n) is 2.51. The molecule has 1 heterocycles. The molecule has 23 heavy (non-hydrogen) atoms. The van der Waals surface area contributed by atoms with Crippen molar-refractivity contribution < 1.29 is 35.0 Å². The topological polar surface area (TPSA) is 63.7 Å². The van der Waals surface area contributed by atoms with Crippen LogP contribution >= 0.6 is 0 Å². The Kier molecular flexibility index (Phi) is 4.56. The van der Waals surface area contributed by atoms with Crippen LogP contribution in [0.15, 0.2) is 18.2 Å². The van der Waals surface area contributed by atoms with Crippen LogP contribution in [-0.2, 0) is 21.2 Å². The van der Waals surface area contributed by atoms with E-state index in [1.807, 2.05) is 0 Å². The molecule has 1 fully saturated rings. The highest BCUT2D eigenvalue weighted by Gasteiger charge is 2.40. The Morgan fingerprint density at radius 3 is 2.52 bits per heavy atom. The van der Waals surface area contributed by atoms with Gasteiger partial charge in [0.1, 0.15) is 5.75 Å². The molecule has 0 bridgehead atoms. The van der Waals surface area contributed by atoms with E-state index < -0.39 is 45.2 Å². The van der Waals surface area contributed by atoms with Crippen LogP contribution in [-0.4, -0.2) is 33.7 Å². The van der Waals surface area contributed by atoms with Crippen molar-refractivity contribution in [2.45, 2.75) is 12.6 Å². The highest BCUT2D eigenvalue weighted by molar-refractivity contribution is 7.86. The molecule has 0 aromatic heterocycles. The molecule has 1 aliphatic heterocycles. The lowest BCUT2D eigenvalue weighted by atomic mass is 10.1. The molecular formula is C13H13F4NO4S. The first-order valence-corrected chi connectivity index (χ1v) is 8.04. The molecule has 128 valence electrons. The van der Waals surface area contributed by atoms with E-state index >= 15 is 0 Å². The van der Waals surface area contributed by atoms with E-state index in [0.29, 0.717) is 0 Å². The highest BCUT2D eigenvalue weighted by Crippen LogP contribution is 2.40. The van der Waals surface area contributed by atoms with Gasteiger partial charge in [-0.1, -0.05) is 0 Å². The average Bonchev–Trinajstić information content (AvgIpc) is 2.75. The fraction of sp³-hybridized carbons (Fsp3) is 0.462. The number of ether oxygens (including phenoxy) is 1. The van der Waals surface area contributed by atoms with Gasteiger partial charge in [0.25, 0.3) is 0 Å². The molecule has 10 heteroatoms. The molecule has 0 radical (unpaired) electrons. The first kappa shape index (κ1) is 17.5. The number of nitrogens with zero attached hydrogens (tertiary/aromatic N) is 1. The number of rotatable bonds is 4. The second-order valence-corrected chi connectivity index (χ2v) is 6.57. The minimum Gasteiger partial charge on any atom is -0.497 e. The van der Waals surface area contributed by atoms with Crippen LogP contribution in [0.3, 0.4) is 0 Å². The van der Waals surface area contributed by atoms with Crippen LogP contribution in [0.2, 0.25) is 0 Å². The number of carbonyl (C=O) groups is 1. The minimum absolute atomic E-state index is 0.0318.